The van der Waals surface area contributed by atoms with Gasteiger partial charge in [0.1, 0.15) is 0 Å². The fraction of sp³-hybridized carbons (Fsp3) is 0.323. The average Bonchev–Trinajstić information content (AvgIpc) is 4.01. The molecule has 0 bridgehead atoms. The molecule has 2 saturated heterocycles. The maximum absolute atomic E-state index is 3.70. The molecule has 2 aliphatic rings. The van der Waals surface area contributed by atoms with Gasteiger partial charge in [-0.1, -0.05) is 284 Å². The highest BCUT2D eigenvalue weighted by molar-refractivity contribution is 9.10. The molecule has 368 valence electrons. The van der Waals surface area contributed by atoms with Crippen LogP contribution in [0.3, 0.4) is 0 Å². The van der Waals surface area contributed by atoms with Crippen LogP contribution in [0.4, 0.5) is 0 Å². The SMILES string of the molecule is C=Cc1cc(C)ccc1Br.CCC.Cc1ccc(C)c([C@H](C)Br)c1.Cc1ccccc1[C@H](C)Br.c1ccc([C@@H]2CC[C@@H](c3ccccc3)P2CCP2[C@H](c3ccccc3)CC[C@H]2c2ccccc2)cc1. The van der Waals surface area contributed by atoms with Crippen LogP contribution < -0.4 is 0 Å². The molecule has 0 nitrogen and oxygen atoms in total. The van der Waals surface area contributed by atoms with Crippen molar-refractivity contribution in [3.05, 3.63) is 254 Å². The minimum atomic E-state index is -0.100. The second-order valence-electron chi connectivity index (χ2n) is 18.7. The Kier molecular flexibility index (Phi) is 25.1. The normalized spacial score (nSPS) is 18.3. The Hall–Kier alpha value is -3.42. The Morgan fingerprint density at radius 3 is 1.11 bits per heavy atom. The molecule has 0 spiro atoms. The van der Waals surface area contributed by atoms with Crippen molar-refractivity contribution in [2.75, 3.05) is 12.3 Å². The molecule has 7 aromatic carbocycles. The zero-order valence-corrected chi connectivity index (χ0v) is 49.6. The first-order valence-electron chi connectivity index (χ1n) is 25.4. The first-order chi connectivity index (χ1) is 33.9. The number of rotatable bonds is 10. The van der Waals surface area contributed by atoms with Crippen LogP contribution in [-0.2, 0) is 0 Å². The smallest absolute Gasteiger partial charge is 0.0369 e. The van der Waals surface area contributed by atoms with E-state index >= 15 is 0 Å². The molecule has 0 radical (unpaired) electrons. The molecular formula is C65H77Br3P2. The lowest BCUT2D eigenvalue weighted by atomic mass is 10.0. The molecule has 5 heteroatoms. The summed E-state index contributed by atoms with van der Waals surface area (Å²) in [6.45, 7) is 20.7. The van der Waals surface area contributed by atoms with Crippen molar-refractivity contribution in [1.82, 2.24) is 0 Å². The van der Waals surface area contributed by atoms with Crippen LogP contribution in [0, 0.1) is 27.7 Å². The van der Waals surface area contributed by atoms with E-state index in [1.807, 2.05) is 12.1 Å². The molecule has 0 aliphatic carbocycles. The number of hydrogen-bond donors (Lipinski definition) is 0. The maximum Gasteiger partial charge on any atom is 0.0369 e. The molecule has 0 aromatic heterocycles. The second-order valence-corrected chi connectivity index (χ2v) is 27.8. The van der Waals surface area contributed by atoms with Gasteiger partial charge < -0.3 is 0 Å². The molecule has 6 atom stereocenters. The first kappa shape index (κ1) is 57.5. The topological polar surface area (TPSA) is 0 Å². The predicted molar refractivity (Wildman–Crippen MR) is 325 cm³/mol. The average molecular weight is 1160 g/mol. The van der Waals surface area contributed by atoms with Crippen molar-refractivity contribution in [3.63, 3.8) is 0 Å². The van der Waals surface area contributed by atoms with Crippen LogP contribution in [0.25, 0.3) is 6.08 Å². The van der Waals surface area contributed by atoms with Crippen LogP contribution in [0.15, 0.2) is 193 Å². The van der Waals surface area contributed by atoms with Gasteiger partial charge in [-0.15, -0.1) is 0 Å². The number of hydrogen-bond acceptors (Lipinski definition) is 0. The highest BCUT2D eigenvalue weighted by Crippen LogP contribution is 2.75. The van der Waals surface area contributed by atoms with Crippen molar-refractivity contribution in [2.24, 2.45) is 0 Å². The molecule has 70 heavy (non-hydrogen) atoms. The Morgan fingerprint density at radius 1 is 0.471 bits per heavy atom. The van der Waals surface area contributed by atoms with E-state index in [1.165, 1.54) is 77.8 Å². The van der Waals surface area contributed by atoms with E-state index < -0.39 is 0 Å². The molecule has 0 N–H and O–H groups in total. The van der Waals surface area contributed by atoms with Gasteiger partial charge in [-0.3, -0.25) is 0 Å². The monoisotopic (exact) mass is 1160 g/mol. The van der Waals surface area contributed by atoms with E-state index in [1.54, 1.807) is 22.3 Å². The van der Waals surface area contributed by atoms with Crippen LogP contribution in [-0.4, -0.2) is 12.3 Å². The summed E-state index contributed by atoms with van der Waals surface area (Å²) >= 11 is 10.5. The van der Waals surface area contributed by atoms with Gasteiger partial charge in [0.2, 0.25) is 0 Å². The summed E-state index contributed by atoms with van der Waals surface area (Å²) in [7, 11) is -0.201. The fourth-order valence-corrected chi connectivity index (χ4v) is 19.3. The van der Waals surface area contributed by atoms with Gasteiger partial charge in [0.25, 0.3) is 0 Å². The summed E-state index contributed by atoms with van der Waals surface area (Å²) in [6, 6.07) is 67.0. The summed E-state index contributed by atoms with van der Waals surface area (Å²) in [4.78, 5) is 0.927. The zero-order valence-electron chi connectivity index (χ0n) is 43.0. The van der Waals surface area contributed by atoms with Crippen molar-refractivity contribution in [2.45, 2.75) is 120 Å². The Morgan fingerprint density at radius 2 is 0.800 bits per heavy atom. The maximum atomic E-state index is 3.70. The van der Waals surface area contributed by atoms with Gasteiger partial charge >= 0.3 is 0 Å². The summed E-state index contributed by atoms with van der Waals surface area (Å²) < 4.78 is 1.10. The van der Waals surface area contributed by atoms with Crippen LogP contribution in [0.2, 0.25) is 0 Å². The van der Waals surface area contributed by atoms with Crippen LogP contribution in [0.5, 0.6) is 0 Å². The Labute approximate surface area is 452 Å². The third kappa shape index (κ3) is 17.4. The lowest BCUT2D eigenvalue weighted by molar-refractivity contribution is 0.765. The molecule has 0 amide bonds. The summed E-state index contributed by atoms with van der Waals surface area (Å²) in [5.41, 5.74) is 18.5. The molecule has 2 heterocycles. The van der Waals surface area contributed by atoms with Crippen molar-refractivity contribution < 1.29 is 0 Å². The lowest BCUT2D eigenvalue weighted by Gasteiger charge is -2.32. The highest BCUT2D eigenvalue weighted by Gasteiger charge is 2.41. The van der Waals surface area contributed by atoms with Gasteiger partial charge in [-0.25, -0.2) is 0 Å². The molecule has 0 saturated carbocycles. The van der Waals surface area contributed by atoms with Crippen molar-refractivity contribution in [1.29, 1.82) is 0 Å². The minimum Gasteiger partial charge on any atom is -0.0984 e. The summed E-state index contributed by atoms with van der Waals surface area (Å²) in [5, 5.41) is 0. The summed E-state index contributed by atoms with van der Waals surface area (Å²) in [6.07, 6.45) is 11.3. The van der Waals surface area contributed by atoms with E-state index in [-0.39, 0.29) is 15.8 Å². The third-order valence-corrected chi connectivity index (χ3v) is 22.2. The van der Waals surface area contributed by atoms with Gasteiger partial charge in [0, 0.05) is 36.8 Å². The van der Waals surface area contributed by atoms with Crippen LogP contribution >= 0.6 is 63.6 Å². The van der Waals surface area contributed by atoms with Crippen LogP contribution in [0.1, 0.15) is 153 Å². The van der Waals surface area contributed by atoms with Gasteiger partial charge in [0.15, 0.2) is 0 Å². The van der Waals surface area contributed by atoms with Gasteiger partial charge in [-0.05, 0) is 136 Å². The number of benzene rings is 7. The predicted octanol–water partition coefficient (Wildman–Crippen LogP) is 22.5. The number of alkyl halides is 2. The van der Waals surface area contributed by atoms with E-state index in [2.05, 4.69) is 286 Å². The quantitative estimate of drug-likeness (QED) is 0.0946. The van der Waals surface area contributed by atoms with Gasteiger partial charge in [-0.2, -0.15) is 0 Å². The first-order valence-corrected chi connectivity index (χ1v) is 31.3. The Bertz CT molecular complexity index is 2370. The second kappa shape index (κ2) is 30.6. The standard InChI is InChI=1S/C34H36P2.C10H13Br.C9H11Br.C9H9Br.C3H8/c1-5-13-27(14-6-1)31-21-22-32(28-15-7-2-8-16-28)35(31)25-26-36-33(29-17-9-3-10-18-29)23-24-34(36)30-19-11-4-12-20-30;1-7-4-5-8(2)10(6-7)9(3)11;1-7-5-3-4-6-9(7)8(2)10;1-3-8-6-7(2)4-5-9(8)10;1-3-2/h1-20,31-34H,21-26H2;4-6,9H,1-3H3;3-6,8H,1-2H3;3-6H,1H2,2H3;3H2,1-2H3/t31-,32-,33-,34-;9-;8-;;/m000../s1. The van der Waals surface area contributed by atoms with Crippen molar-refractivity contribution >= 4 is 69.7 Å². The van der Waals surface area contributed by atoms with E-state index in [0.717, 1.165) is 32.7 Å². The minimum absolute atomic E-state index is 0.100. The Balaban J connectivity index is 0.000000217. The molecular weight excluding hydrogens is 1080 g/mol. The van der Waals surface area contributed by atoms with Crippen molar-refractivity contribution in [3.8, 4) is 0 Å². The molecule has 7 aromatic rings. The van der Waals surface area contributed by atoms with Gasteiger partial charge in [0.05, 0.1) is 0 Å². The molecule has 2 fully saturated rings. The zero-order chi connectivity index (χ0) is 50.4. The van der Waals surface area contributed by atoms with E-state index in [0.29, 0.717) is 9.65 Å². The largest absolute Gasteiger partial charge is 0.0984 e. The van der Waals surface area contributed by atoms with E-state index in [4.69, 9.17) is 0 Å². The third-order valence-electron chi connectivity index (χ3n) is 13.2. The fourth-order valence-electron chi connectivity index (χ4n) is 9.76. The molecule has 2 aliphatic heterocycles. The highest BCUT2D eigenvalue weighted by atomic mass is 79.9. The van der Waals surface area contributed by atoms with E-state index in [9.17, 15) is 0 Å². The molecule has 0 unspecified atom stereocenters. The lowest BCUT2D eigenvalue weighted by Crippen LogP contribution is -2.05. The summed E-state index contributed by atoms with van der Waals surface area (Å²) in [5.74, 6) is 0. The number of aryl methyl sites for hydroxylation is 4. The molecule has 9 rings (SSSR count). The number of halogens is 3.